The summed E-state index contributed by atoms with van der Waals surface area (Å²) < 4.78 is 8.15. The molecule has 0 amide bonds. The van der Waals surface area contributed by atoms with Crippen molar-refractivity contribution in [2.24, 2.45) is 12.8 Å². The van der Waals surface area contributed by atoms with Crippen molar-refractivity contribution in [3.8, 4) is 17.2 Å². The second kappa shape index (κ2) is 7.24. The fourth-order valence-electron chi connectivity index (χ4n) is 3.91. The zero-order chi connectivity index (χ0) is 21.4. The first-order chi connectivity index (χ1) is 15.1. The van der Waals surface area contributed by atoms with Crippen LogP contribution in [0.25, 0.3) is 22.1 Å². The van der Waals surface area contributed by atoms with Crippen molar-refractivity contribution in [2.45, 2.75) is 5.54 Å². The van der Waals surface area contributed by atoms with Crippen LogP contribution in [0.1, 0.15) is 22.6 Å². The van der Waals surface area contributed by atoms with Crippen LogP contribution in [0.4, 0.5) is 0 Å². The van der Waals surface area contributed by atoms with Crippen molar-refractivity contribution in [3.63, 3.8) is 0 Å². The topological polar surface area (TPSA) is 93.7 Å². The summed E-state index contributed by atoms with van der Waals surface area (Å²) in [5.41, 5.74) is 11.0. The molecule has 0 bridgehead atoms. The molecule has 5 aromatic rings. The third-order valence-electron chi connectivity index (χ3n) is 5.59. The normalized spacial score (nSPS) is 13.1. The van der Waals surface area contributed by atoms with Crippen molar-refractivity contribution < 1.29 is 4.42 Å². The highest BCUT2D eigenvalue weighted by atomic mass is 16.3. The Hall–Kier alpha value is -4.21. The Bertz CT molecular complexity index is 1410. The van der Waals surface area contributed by atoms with Gasteiger partial charge in [-0.1, -0.05) is 24.3 Å². The number of hydrogen-bond donors (Lipinski definition) is 1. The highest BCUT2D eigenvalue weighted by Crippen LogP contribution is 2.38. The molecule has 0 saturated heterocycles. The Labute approximate surface area is 179 Å². The molecule has 6 nitrogen and oxygen atoms in total. The SMILES string of the molecule is Cn1cncc1C(N)(c1ccc(C#N)cc1)c1cc2cc(-c3cccnc3)ccc2o1. The first kappa shape index (κ1) is 18.8. The van der Waals surface area contributed by atoms with Crippen LogP contribution in [0.15, 0.2) is 90.0 Å². The van der Waals surface area contributed by atoms with Gasteiger partial charge in [0.1, 0.15) is 16.9 Å². The predicted molar refractivity (Wildman–Crippen MR) is 118 cm³/mol. The van der Waals surface area contributed by atoms with E-state index in [-0.39, 0.29) is 0 Å². The number of fused-ring (bicyclic) bond motifs is 1. The standard InChI is InChI=1S/C25H19N5O/c1-30-16-29-15-23(30)25(27,21-7-4-17(13-26)5-8-21)24-12-20-11-18(6-9-22(20)31-24)19-3-2-10-28-14-19/h2-12,14-16H,27H2,1H3. The highest BCUT2D eigenvalue weighted by Gasteiger charge is 2.38. The minimum Gasteiger partial charge on any atom is -0.458 e. The van der Waals surface area contributed by atoms with Gasteiger partial charge in [-0.25, -0.2) is 4.98 Å². The third kappa shape index (κ3) is 3.08. The van der Waals surface area contributed by atoms with Crippen LogP contribution in [-0.2, 0) is 12.6 Å². The van der Waals surface area contributed by atoms with Crippen LogP contribution in [0, 0.1) is 11.3 Å². The number of furan rings is 1. The van der Waals surface area contributed by atoms with Gasteiger partial charge in [0.05, 0.1) is 29.9 Å². The van der Waals surface area contributed by atoms with E-state index in [2.05, 4.69) is 22.1 Å². The van der Waals surface area contributed by atoms with Gasteiger partial charge in [-0.05, 0) is 47.5 Å². The van der Waals surface area contributed by atoms with Crippen LogP contribution in [0.5, 0.6) is 0 Å². The van der Waals surface area contributed by atoms with Gasteiger partial charge in [0, 0.05) is 30.4 Å². The lowest BCUT2D eigenvalue weighted by molar-refractivity contribution is 0.445. The zero-order valence-corrected chi connectivity index (χ0v) is 16.9. The molecule has 6 heteroatoms. The Morgan fingerprint density at radius 2 is 1.84 bits per heavy atom. The monoisotopic (exact) mass is 405 g/mol. The molecule has 3 aromatic heterocycles. The summed E-state index contributed by atoms with van der Waals surface area (Å²) in [6.07, 6.45) is 7.05. The van der Waals surface area contributed by atoms with E-state index in [1.807, 2.05) is 60.3 Å². The first-order valence-electron chi connectivity index (χ1n) is 9.80. The van der Waals surface area contributed by atoms with Crippen LogP contribution < -0.4 is 5.73 Å². The molecule has 0 saturated carbocycles. The minimum atomic E-state index is -1.08. The van der Waals surface area contributed by atoms with Crippen LogP contribution in [-0.4, -0.2) is 14.5 Å². The molecule has 0 spiro atoms. The molecular formula is C25H19N5O. The zero-order valence-electron chi connectivity index (χ0n) is 16.9. The Kier molecular flexibility index (Phi) is 4.39. The van der Waals surface area contributed by atoms with Crippen molar-refractivity contribution in [1.82, 2.24) is 14.5 Å². The lowest BCUT2D eigenvalue weighted by Crippen LogP contribution is -2.40. The summed E-state index contributed by atoms with van der Waals surface area (Å²) in [5, 5.41) is 10.1. The highest BCUT2D eigenvalue weighted by molar-refractivity contribution is 5.84. The Morgan fingerprint density at radius 1 is 1.00 bits per heavy atom. The lowest BCUT2D eigenvalue weighted by Gasteiger charge is -2.28. The molecule has 1 atom stereocenters. The number of aromatic nitrogens is 3. The molecule has 2 N–H and O–H groups in total. The van der Waals surface area contributed by atoms with E-state index >= 15 is 0 Å². The van der Waals surface area contributed by atoms with E-state index in [0.717, 1.165) is 33.4 Å². The van der Waals surface area contributed by atoms with Gasteiger partial charge >= 0.3 is 0 Å². The number of aryl methyl sites for hydroxylation is 1. The minimum absolute atomic E-state index is 0.571. The molecule has 31 heavy (non-hydrogen) atoms. The summed E-state index contributed by atoms with van der Waals surface area (Å²) in [6.45, 7) is 0. The van der Waals surface area contributed by atoms with Crippen molar-refractivity contribution in [3.05, 3.63) is 108 Å². The predicted octanol–water partition coefficient (Wildman–Crippen LogP) is 4.35. The van der Waals surface area contributed by atoms with Gasteiger partial charge in [-0.2, -0.15) is 5.26 Å². The number of hydrogen-bond acceptors (Lipinski definition) is 5. The Morgan fingerprint density at radius 3 is 2.52 bits per heavy atom. The molecule has 0 aliphatic heterocycles. The second-order valence-electron chi connectivity index (χ2n) is 7.49. The van der Waals surface area contributed by atoms with Gasteiger partial charge in [-0.3, -0.25) is 4.98 Å². The van der Waals surface area contributed by atoms with Gasteiger partial charge < -0.3 is 14.7 Å². The quantitative estimate of drug-likeness (QED) is 0.480. The molecule has 0 aliphatic rings. The van der Waals surface area contributed by atoms with E-state index in [4.69, 9.17) is 10.2 Å². The molecule has 0 fully saturated rings. The van der Waals surface area contributed by atoms with Crippen LogP contribution >= 0.6 is 0 Å². The molecule has 5 rings (SSSR count). The summed E-state index contributed by atoms with van der Waals surface area (Å²) in [5.74, 6) is 0.596. The summed E-state index contributed by atoms with van der Waals surface area (Å²) >= 11 is 0. The van der Waals surface area contributed by atoms with E-state index in [9.17, 15) is 5.26 Å². The summed E-state index contributed by atoms with van der Waals surface area (Å²) in [4.78, 5) is 8.47. The first-order valence-corrected chi connectivity index (χ1v) is 9.80. The van der Waals surface area contributed by atoms with Crippen molar-refractivity contribution >= 4 is 11.0 Å². The summed E-state index contributed by atoms with van der Waals surface area (Å²) in [6, 6.07) is 21.3. The number of nitrogens with two attached hydrogens (primary N) is 1. The van der Waals surface area contributed by atoms with Gasteiger partial charge in [0.2, 0.25) is 0 Å². The number of nitrogens with zero attached hydrogens (tertiary/aromatic N) is 4. The number of imidazole rings is 1. The maximum Gasteiger partial charge on any atom is 0.142 e. The molecule has 1 unspecified atom stereocenters. The number of nitriles is 1. The molecular weight excluding hydrogens is 386 g/mol. The average Bonchev–Trinajstić information content (AvgIpc) is 3.45. The van der Waals surface area contributed by atoms with Crippen molar-refractivity contribution in [2.75, 3.05) is 0 Å². The fourth-order valence-corrected chi connectivity index (χ4v) is 3.91. The van der Waals surface area contributed by atoms with Crippen LogP contribution in [0.3, 0.4) is 0 Å². The van der Waals surface area contributed by atoms with Gasteiger partial charge in [0.15, 0.2) is 0 Å². The molecule has 0 radical (unpaired) electrons. The molecule has 2 aromatic carbocycles. The second-order valence-corrected chi connectivity index (χ2v) is 7.49. The lowest BCUT2D eigenvalue weighted by atomic mass is 9.84. The maximum atomic E-state index is 9.17. The average molecular weight is 405 g/mol. The van der Waals surface area contributed by atoms with E-state index in [0.29, 0.717) is 11.3 Å². The fraction of sp³-hybridized carbons (Fsp3) is 0.0800. The summed E-state index contributed by atoms with van der Waals surface area (Å²) in [7, 11) is 1.90. The van der Waals surface area contributed by atoms with Gasteiger partial charge in [0.25, 0.3) is 0 Å². The number of benzene rings is 2. The van der Waals surface area contributed by atoms with E-state index in [1.165, 1.54) is 0 Å². The van der Waals surface area contributed by atoms with E-state index in [1.54, 1.807) is 30.9 Å². The number of rotatable bonds is 4. The maximum absolute atomic E-state index is 9.17. The third-order valence-corrected chi connectivity index (χ3v) is 5.59. The number of pyridine rings is 1. The molecule has 150 valence electrons. The largest absolute Gasteiger partial charge is 0.458 e. The Balaban J connectivity index is 1.69. The van der Waals surface area contributed by atoms with E-state index < -0.39 is 5.54 Å². The van der Waals surface area contributed by atoms with Gasteiger partial charge in [-0.15, -0.1) is 0 Å². The molecule has 0 aliphatic carbocycles. The van der Waals surface area contributed by atoms with Crippen molar-refractivity contribution in [1.29, 1.82) is 5.26 Å². The van der Waals surface area contributed by atoms with Crippen LogP contribution in [0.2, 0.25) is 0 Å². The molecule has 3 heterocycles. The smallest absolute Gasteiger partial charge is 0.142 e.